The number of hydrogen-bond acceptors (Lipinski definition) is 3. The summed E-state index contributed by atoms with van der Waals surface area (Å²) in [5.41, 5.74) is 1.51. The molecule has 0 fully saturated rings. The highest BCUT2D eigenvalue weighted by atomic mass is 35.5. The SMILES string of the molecule is O=C(CCC(=O)c1ccc(Cl)cc1)NCCc1ccccn1. The fraction of sp³-hybridized carbons (Fsp3) is 0.235. The number of rotatable bonds is 7. The van der Waals surface area contributed by atoms with Gasteiger partial charge in [-0.15, -0.1) is 0 Å². The first kappa shape index (κ1) is 16.2. The molecule has 2 aromatic rings. The molecule has 0 saturated heterocycles. The van der Waals surface area contributed by atoms with Crippen LogP contribution in [-0.4, -0.2) is 23.2 Å². The van der Waals surface area contributed by atoms with Crippen molar-refractivity contribution in [3.8, 4) is 0 Å². The van der Waals surface area contributed by atoms with E-state index in [1.54, 1.807) is 30.5 Å². The van der Waals surface area contributed by atoms with Gasteiger partial charge in [-0.25, -0.2) is 0 Å². The highest BCUT2D eigenvalue weighted by Crippen LogP contribution is 2.11. The molecule has 0 aliphatic rings. The molecule has 5 heteroatoms. The maximum atomic E-state index is 11.9. The van der Waals surface area contributed by atoms with Gasteiger partial charge in [0.1, 0.15) is 0 Å². The van der Waals surface area contributed by atoms with E-state index in [-0.39, 0.29) is 24.5 Å². The summed E-state index contributed by atoms with van der Waals surface area (Å²) in [7, 11) is 0. The molecule has 0 atom stereocenters. The summed E-state index contributed by atoms with van der Waals surface area (Å²) in [5.74, 6) is -0.185. The number of amides is 1. The number of benzene rings is 1. The zero-order valence-corrected chi connectivity index (χ0v) is 12.8. The molecule has 0 bridgehead atoms. The largest absolute Gasteiger partial charge is 0.356 e. The molecule has 2 rings (SSSR count). The van der Waals surface area contributed by atoms with Crippen molar-refractivity contribution >= 4 is 23.3 Å². The van der Waals surface area contributed by atoms with Crippen LogP contribution < -0.4 is 5.32 Å². The number of pyridine rings is 1. The number of aromatic nitrogens is 1. The van der Waals surface area contributed by atoms with Gasteiger partial charge in [-0.2, -0.15) is 0 Å². The third kappa shape index (κ3) is 5.30. The van der Waals surface area contributed by atoms with Gasteiger partial charge in [-0.1, -0.05) is 17.7 Å². The fourth-order valence-corrected chi connectivity index (χ4v) is 2.10. The molecule has 0 saturated carbocycles. The van der Waals surface area contributed by atoms with Gasteiger partial charge < -0.3 is 5.32 Å². The van der Waals surface area contributed by atoms with E-state index in [0.717, 1.165) is 5.69 Å². The Morgan fingerprint density at radius 3 is 2.50 bits per heavy atom. The molecule has 1 N–H and O–H groups in total. The van der Waals surface area contributed by atoms with Gasteiger partial charge in [-0.3, -0.25) is 14.6 Å². The normalized spacial score (nSPS) is 10.2. The standard InChI is InChI=1S/C17H17ClN2O2/c18-14-6-4-13(5-7-14)16(21)8-9-17(22)20-12-10-15-3-1-2-11-19-15/h1-7,11H,8-10,12H2,(H,20,22). The van der Waals surface area contributed by atoms with E-state index < -0.39 is 0 Å². The molecular formula is C17H17ClN2O2. The van der Waals surface area contributed by atoms with Gasteiger partial charge in [0.15, 0.2) is 5.78 Å². The lowest BCUT2D eigenvalue weighted by molar-refractivity contribution is -0.121. The van der Waals surface area contributed by atoms with E-state index >= 15 is 0 Å². The van der Waals surface area contributed by atoms with E-state index in [4.69, 9.17) is 11.6 Å². The smallest absolute Gasteiger partial charge is 0.220 e. The number of carbonyl (C=O) groups excluding carboxylic acids is 2. The molecule has 0 radical (unpaired) electrons. The molecule has 1 heterocycles. The summed E-state index contributed by atoms with van der Waals surface area (Å²) in [6.07, 6.45) is 2.78. The predicted molar refractivity (Wildman–Crippen MR) is 86.0 cm³/mol. The van der Waals surface area contributed by atoms with E-state index in [1.807, 2.05) is 18.2 Å². The van der Waals surface area contributed by atoms with Gasteiger partial charge in [0.25, 0.3) is 0 Å². The quantitative estimate of drug-likeness (QED) is 0.799. The van der Waals surface area contributed by atoms with Crippen LogP contribution in [0.25, 0.3) is 0 Å². The maximum absolute atomic E-state index is 11.9. The molecule has 0 aliphatic carbocycles. The van der Waals surface area contributed by atoms with E-state index in [9.17, 15) is 9.59 Å². The Morgan fingerprint density at radius 2 is 1.82 bits per heavy atom. The summed E-state index contributed by atoms with van der Waals surface area (Å²) in [4.78, 5) is 27.8. The van der Waals surface area contributed by atoms with Crippen LogP contribution in [0.5, 0.6) is 0 Å². The Morgan fingerprint density at radius 1 is 1.05 bits per heavy atom. The van der Waals surface area contributed by atoms with E-state index in [2.05, 4.69) is 10.3 Å². The molecule has 0 aliphatic heterocycles. The third-order valence-corrected chi connectivity index (χ3v) is 3.43. The van der Waals surface area contributed by atoms with Crippen molar-refractivity contribution in [1.82, 2.24) is 10.3 Å². The monoisotopic (exact) mass is 316 g/mol. The summed E-state index contributed by atoms with van der Waals surface area (Å²) in [6, 6.07) is 12.4. The molecule has 4 nitrogen and oxygen atoms in total. The van der Waals surface area contributed by atoms with Crippen molar-refractivity contribution in [1.29, 1.82) is 0 Å². The summed E-state index contributed by atoms with van der Waals surface area (Å²) in [5, 5.41) is 3.38. The first-order valence-corrected chi connectivity index (χ1v) is 7.48. The lowest BCUT2D eigenvalue weighted by Gasteiger charge is -2.05. The van der Waals surface area contributed by atoms with Gasteiger partial charge in [0, 0.05) is 48.3 Å². The van der Waals surface area contributed by atoms with Crippen molar-refractivity contribution in [2.75, 3.05) is 6.54 Å². The van der Waals surface area contributed by atoms with Crippen molar-refractivity contribution in [3.05, 3.63) is 64.9 Å². The van der Waals surface area contributed by atoms with Crippen LogP contribution in [0.15, 0.2) is 48.7 Å². The maximum Gasteiger partial charge on any atom is 0.220 e. The zero-order valence-electron chi connectivity index (χ0n) is 12.1. The Kier molecular flexibility index (Phi) is 6.10. The molecule has 0 spiro atoms. The first-order chi connectivity index (χ1) is 10.6. The van der Waals surface area contributed by atoms with Crippen molar-refractivity contribution in [3.63, 3.8) is 0 Å². The lowest BCUT2D eigenvalue weighted by atomic mass is 10.1. The Hall–Kier alpha value is -2.20. The number of Topliss-reactive ketones (excluding diaryl/α,β-unsaturated/α-hetero) is 1. The average molecular weight is 317 g/mol. The number of hydrogen-bond donors (Lipinski definition) is 1. The number of carbonyl (C=O) groups is 2. The molecule has 1 amide bonds. The number of nitrogens with zero attached hydrogens (tertiary/aromatic N) is 1. The summed E-state index contributed by atoms with van der Waals surface area (Å²) in [6.45, 7) is 0.519. The van der Waals surface area contributed by atoms with Gasteiger partial charge >= 0.3 is 0 Å². The summed E-state index contributed by atoms with van der Waals surface area (Å²) >= 11 is 5.77. The second kappa shape index (κ2) is 8.29. The predicted octanol–water partition coefficient (Wildman–Crippen LogP) is 3.06. The number of halogens is 1. The van der Waals surface area contributed by atoms with Crippen LogP contribution in [0.3, 0.4) is 0 Å². The molecule has 1 aromatic heterocycles. The Bertz CT molecular complexity index is 627. The first-order valence-electron chi connectivity index (χ1n) is 7.10. The van der Waals surface area contributed by atoms with Gasteiger partial charge in [0.05, 0.1) is 0 Å². The minimum atomic E-state index is -0.127. The average Bonchev–Trinajstić information content (AvgIpc) is 2.54. The molecule has 22 heavy (non-hydrogen) atoms. The molecular weight excluding hydrogens is 300 g/mol. The van der Waals surface area contributed by atoms with E-state index in [1.165, 1.54) is 0 Å². The molecule has 1 aromatic carbocycles. The topological polar surface area (TPSA) is 59.1 Å². The minimum absolute atomic E-state index is 0.0588. The minimum Gasteiger partial charge on any atom is -0.356 e. The van der Waals surface area contributed by atoms with Crippen LogP contribution in [0.1, 0.15) is 28.9 Å². The third-order valence-electron chi connectivity index (χ3n) is 3.17. The van der Waals surface area contributed by atoms with Crippen LogP contribution >= 0.6 is 11.6 Å². The van der Waals surface area contributed by atoms with Gasteiger partial charge in [0.2, 0.25) is 5.91 Å². The molecule has 0 unspecified atom stereocenters. The zero-order chi connectivity index (χ0) is 15.8. The highest BCUT2D eigenvalue weighted by Gasteiger charge is 2.09. The van der Waals surface area contributed by atoms with E-state index in [0.29, 0.717) is 23.6 Å². The Balaban J connectivity index is 1.69. The van der Waals surface area contributed by atoms with Crippen molar-refractivity contribution in [2.24, 2.45) is 0 Å². The van der Waals surface area contributed by atoms with Crippen molar-refractivity contribution in [2.45, 2.75) is 19.3 Å². The molecule has 114 valence electrons. The lowest BCUT2D eigenvalue weighted by Crippen LogP contribution is -2.26. The number of nitrogens with one attached hydrogen (secondary N) is 1. The highest BCUT2D eigenvalue weighted by molar-refractivity contribution is 6.30. The summed E-state index contributed by atoms with van der Waals surface area (Å²) < 4.78 is 0. The fourth-order valence-electron chi connectivity index (χ4n) is 1.97. The van der Waals surface area contributed by atoms with Gasteiger partial charge in [-0.05, 0) is 36.4 Å². The van der Waals surface area contributed by atoms with Crippen LogP contribution in [0, 0.1) is 0 Å². The second-order valence-corrected chi connectivity index (χ2v) is 5.29. The van der Waals surface area contributed by atoms with Crippen molar-refractivity contribution < 1.29 is 9.59 Å². The second-order valence-electron chi connectivity index (χ2n) is 4.85. The van der Waals surface area contributed by atoms with Crippen LogP contribution in [0.2, 0.25) is 5.02 Å². The Labute approximate surface area is 134 Å². The van der Waals surface area contributed by atoms with Crippen LogP contribution in [0.4, 0.5) is 0 Å². The van der Waals surface area contributed by atoms with Crippen LogP contribution in [-0.2, 0) is 11.2 Å². The number of ketones is 1.